The normalized spacial score (nSPS) is 20.8. The maximum atomic E-state index is 12.4. The molecule has 1 aromatic rings. The van der Waals surface area contributed by atoms with Crippen LogP contribution in [0.15, 0.2) is 29.8 Å². The van der Waals surface area contributed by atoms with E-state index in [1.54, 1.807) is 24.3 Å². The van der Waals surface area contributed by atoms with Gasteiger partial charge in [-0.2, -0.15) is 5.26 Å². The number of hydrogen-bond acceptors (Lipinski definition) is 4. The van der Waals surface area contributed by atoms with Crippen molar-refractivity contribution in [2.75, 3.05) is 7.11 Å². The zero-order chi connectivity index (χ0) is 17.5. The first-order valence-corrected chi connectivity index (χ1v) is 8.16. The molecule has 0 unspecified atom stereocenters. The molecule has 0 aromatic heterocycles. The van der Waals surface area contributed by atoms with Gasteiger partial charge in [-0.15, -0.1) is 0 Å². The topological polar surface area (TPSA) is 79.2 Å². The van der Waals surface area contributed by atoms with Gasteiger partial charge in [-0.3, -0.25) is 4.79 Å². The Hall–Kier alpha value is -2.61. The lowest BCUT2D eigenvalue weighted by molar-refractivity contribution is -0.118. The van der Waals surface area contributed by atoms with Crippen molar-refractivity contribution in [3.8, 4) is 6.07 Å². The zero-order valence-corrected chi connectivity index (χ0v) is 14.0. The van der Waals surface area contributed by atoms with Gasteiger partial charge in [-0.05, 0) is 36.5 Å². The molecule has 1 N–H and O–H groups in total. The van der Waals surface area contributed by atoms with Crippen LogP contribution in [0.2, 0.25) is 0 Å². The fourth-order valence-corrected chi connectivity index (χ4v) is 3.00. The number of esters is 1. The van der Waals surface area contributed by atoms with Gasteiger partial charge >= 0.3 is 5.97 Å². The number of hydrogen-bond donors (Lipinski definition) is 1. The number of nitrogens with one attached hydrogen (secondary N) is 1. The van der Waals surface area contributed by atoms with Crippen molar-refractivity contribution in [2.45, 2.75) is 38.6 Å². The van der Waals surface area contributed by atoms with E-state index in [1.807, 2.05) is 6.07 Å². The molecule has 1 saturated carbocycles. The molecule has 0 heterocycles. The molecule has 1 aliphatic carbocycles. The Kier molecular flexibility index (Phi) is 6.14. The number of carbonyl (C=O) groups excluding carboxylic acids is 2. The van der Waals surface area contributed by atoms with E-state index in [2.05, 4.69) is 12.2 Å². The third kappa shape index (κ3) is 4.23. The van der Waals surface area contributed by atoms with Gasteiger partial charge in [0.25, 0.3) is 5.91 Å². The molecule has 0 radical (unpaired) electrons. The van der Waals surface area contributed by atoms with Crippen LogP contribution < -0.4 is 5.32 Å². The molecule has 5 nitrogen and oxygen atoms in total. The average Bonchev–Trinajstić information content (AvgIpc) is 2.61. The lowest BCUT2D eigenvalue weighted by Gasteiger charge is -2.29. The van der Waals surface area contributed by atoms with Crippen molar-refractivity contribution in [1.82, 2.24) is 5.32 Å². The van der Waals surface area contributed by atoms with E-state index in [0.29, 0.717) is 17.0 Å². The summed E-state index contributed by atoms with van der Waals surface area (Å²) in [6.07, 6.45) is 5.73. The monoisotopic (exact) mass is 326 g/mol. The molecule has 126 valence electrons. The van der Waals surface area contributed by atoms with Crippen LogP contribution in [0.4, 0.5) is 0 Å². The molecule has 0 aliphatic heterocycles. The number of rotatable bonds is 4. The van der Waals surface area contributed by atoms with Crippen molar-refractivity contribution in [3.05, 3.63) is 41.0 Å². The smallest absolute Gasteiger partial charge is 0.338 e. The first-order chi connectivity index (χ1) is 11.6. The van der Waals surface area contributed by atoms with E-state index in [1.165, 1.54) is 19.6 Å². The highest BCUT2D eigenvalue weighted by molar-refractivity contribution is 6.03. The Morgan fingerprint density at radius 2 is 2.00 bits per heavy atom. The lowest BCUT2D eigenvalue weighted by atomic mass is 9.86. The third-order valence-corrected chi connectivity index (χ3v) is 4.46. The number of carbonyl (C=O) groups is 2. The number of nitriles is 1. The number of ether oxygens (including phenoxy) is 1. The summed E-state index contributed by atoms with van der Waals surface area (Å²) in [6.45, 7) is 2.12. The van der Waals surface area contributed by atoms with Crippen LogP contribution in [0.1, 0.15) is 48.5 Å². The Balaban J connectivity index is 2.22. The minimum Gasteiger partial charge on any atom is -0.465 e. The first kappa shape index (κ1) is 17.7. The molecule has 2 rings (SSSR count). The van der Waals surface area contributed by atoms with Crippen molar-refractivity contribution in [1.29, 1.82) is 5.26 Å². The van der Waals surface area contributed by atoms with Gasteiger partial charge in [0, 0.05) is 6.04 Å². The molecule has 1 aromatic carbocycles. The minimum atomic E-state index is -0.500. The summed E-state index contributed by atoms with van der Waals surface area (Å²) in [7, 11) is 1.30. The summed E-state index contributed by atoms with van der Waals surface area (Å²) in [6, 6.07) is 8.77. The molecular weight excluding hydrogens is 304 g/mol. The van der Waals surface area contributed by atoms with Gasteiger partial charge in [0.05, 0.1) is 12.7 Å². The summed E-state index contributed by atoms with van der Waals surface area (Å²) in [5.74, 6) is -0.485. The quantitative estimate of drug-likeness (QED) is 0.524. The van der Waals surface area contributed by atoms with Crippen molar-refractivity contribution in [3.63, 3.8) is 0 Å². The molecule has 1 amide bonds. The summed E-state index contributed by atoms with van der Waals surface area (Å²) in [5.41, 5.74) is 0.809. The molecule has 1 aliphatic rings. The van der Waals surface area contributed by atoms with Gasteiger partial charge in [0.2, 0.25) is 0 Å². The standard InChI is InChI=1S/C19H22N2O3/c1-13-7-3-6-10-17(13)21-18(22)15(12-20)11-14-8-4-5-9-16(14)19(23)24-2/h4-5,8-9,11,13,17H,3,6-7,10H2,1-2H3,(H,21,22)/b15-11+/t13-,17-/m0/s1. The molecular formula is C19H22N2O3. The van der Waals surface area contributed by atoms with Crippen molar-refractivity contribution in [2.24, 2.45) is 5.92 Å². The molecule has 24 heavy (non-hydrogen) atoms. The van der Waals surface area contributed by atoms with Crippen LogP contribution in [0.3, 0.4) is 0 Å². The van der Waals surface area contributed by atoms with Crippen LogP contribution in [-0.4, -0.2) is 25.0 Å². The average molecular weight is 326 g/mol. The largest absolute Gasteiger partial charge is 0.465 e. The first-order valence-electron chi connectivity index (χ1n) is 8.16. The van der Waals surface area contributed by atoms with Crippen molar-refractivity contribution >= 4 is 18.0 Å². The Labute approximate surface area is 142 Å². The van der Waals surface area contributed by atoms with E-state index in [4.69, 9.17) is 4.74 Å². The fourth-order valence-electron chi connectivity index (χ4n) is 3.00. The van der Waals surface area contributed by atoms with Crippen LogP contribution in [0.25, 0.3) is 6.08 Å². The maximum Gasteiger partial charge on any atom is 0.338 e. The summed E-state index contributed by atoms with van der Waals surface area (Å²) in [4.78, 5) is 24.2. The number of benzene rings is 1. The summed E-state index contributed by atoms with van der Waals surface area (Å²) in [5, 5.41) is 12.3. The second kappa shape index (κ2) is 8.30. The predicted molar refractivity (Wildman–Crippen MR) is 90.9 cm³/mol. The number of methoxy groups -OCH3 is 1. The van der Waals surface area contributed by atoms with E-state index in [-0.39, 0.29) is 11.6 Å². The highest BCUT2D eigenvalue weighted by Crippen LogP contribution is 2.24. The zero-order valence-electron chi connectivity index (χ0n) is 14.0. The number of amides is 1. The second-order valence-corrected chi connectivity index (χ2v) is 6.09. The third-order valence-electron chi connectivity index (χ3n) is 4.46. The lowest BCUT2D eigenvalue weighted by Crippen LogP contribution is -2.41. The van der Waals surface area contributed by atoms with Gasteiger partial charge in [-0.25, -0.2) is 4.79 Å². The summed E-state index contributed by atoms with van der Waals surface area (Å²) < 4.78 is 4.74. The van der Waals surface area contributed by atoms with E-state index in [9.17, 15) is 14.9 Å². The van der Waals surface area contributed by atoms with Crippen LogP contribution in [0.5, 0.6) is 0 Å². The van der Waals surface area contributed by atoms with Gasteiger partial charge in [0.1, 0.15) is 11.6 Å². The Morgan fingerprint density at radius 3 is 2.67 bits per heavy atom. The van der Waals surface area contributed by atoms with Gasteiger partial charge in [-0.1, -0.05) is 38.0 Å². The van der Waals surface area contributed by atoms with E-state index < -0.39 is 11.9 Å². The van der Waals surface area contributed by atoms with E-state index >= 15 is 0 Å². The molecule has 1 fully saturated rings. The molecule has 2 atom stereocenters. The van der Waals surface area contributed by atoms with Gasteiger partial charge < -0.3 is 10.1 Å². The molecule has 0 saturated heterocycles. The number of nitrogens with zero attached hydrogens (tertiary/aromatic N) is 1. The maximum absolute atomic E-state index is 12.4. The van der Waals surface area contributed by atoms with E-state index in [0.717, 1.165) is 19.3 Å². The predicted octanol–water partition coefficient (Wildman–Crippen LogP) is 3.08. The Morgan fingerprint density at radius 1 is 1.29 bits per heavy atom. The molecule has 0 spiro atoms. The fraction of sp³-hybridized carbons (Fsp3) is 0.421. The van der Waals surface area contributed by atoms with Crippen LogP contribution >= 0.6 is 0 Å². The van der Waals surface area contributed by atoms with Gasteiger partial charge in [0.15, 0.2) is 0 Å². The highest BCUT2D eigenvalue weighted by Gasteiger charge is 2.24. The van der Waals surface area contributed by atoms with Crippen LogP contribution in [0, 0.1) is 17.2 Å². The summed E-state index contributed by atoms with van der Waals surface area (Å²) >= 11 is 0. The second-order valence-electron chi connectivity index (χ2n) is 6.09. The van der Waals surface area contributed by atoms with Crippen molar-refractivity contribution < 1.29 is 14.3 Å². The highest BCUT2D eigenvalue weighted by atomic mass is 16.5. The SMILES string of the molecule is COC(=O)c1ccccc1/C=C(\C#N)C(=O)N[C@H]1CCCC[C@@H]1C. The molecule has 5 heteroatoms. The molecule has 0 bridgehead atoms. The minimum absolute atomic E-state index is 0.0101. The van der Waals surface area contributed by atoms with Crippen LogP contribution in [-0.2, 0) is 9.53 Å². The Bertz CT molecular complexity index is 688.